The Hall–Kier alpha value is -3.97. The number of ether oxygens (including phenoxy) is 1. The third-order valence-electron chi connectivity index (χ3n) is 4.99. The van der Waals surface area contributed by atoms with E-state index in [-0.39, 0.29) is 11.6 Å². The summed E-state index contributed by atoms with van der Waals surface area (Å²) in [5, 5.41) is 11.7. The van der Waals surface area contributed by atoms with Gasteiger partial charge >= 0.3 is 12.0 Å². The lowest BCUT2D eigenvalue weighted by Crippen LogP contribution is -2.00. The second-order valence-electron chi connectivity index (χ2n) is 7.02. The molecule has 0 fully saturated rings. The molecule has 208 valence electrons. The number of nitrogens with one attached hydrogen (secondary N) is 1. The summed E-state index contributed by atoms with van der Waals surface area (Å²) in [6, 6.07) is 14.5. The summed E-state index contributed by atoms with van der Waals surface area (Å²) in [4.78, 5) is 27.6. The van der Waals surface area contributed by atoms with Gasteiger partial charge in [0, 0.05) is 23.3 Å². The van der Waals surface area contributed by atoms with E-state index in [4.69, 9.17) is 16.3 Å². The standard InChI is InChI=1S/C23H15ClN4O3.4C2H6/c1-12-5-6-14(9-17(12)22(29)30)31-23-26-19-10-18(24)20(27-21(19)28-23)16-4-2-3-13-11-25-8-7-15(13)16;4*1-2/h2-11H,1H3,(H,29,30)(H,26,27,28);4*1-2H3. The molecule has 0 unspecified atom stereocenters. The van der Waals surface area contributed by atoms with Crippen LogP contribution in [-0.2, 0) is 0 Å². The van der Waals surface area contributed by atoms with Gasteiger partial charge < -0.3 is 14.8 Å². The lowest BCUT2D eigenvalue weighted by molar-refractivity contribution is 0.0695. The Labute approximate surface area is 236 Å². The van der Waals surface area contributed by atoms with E-state index < -0.39 is 5.97 Å². The molecule has 8 heteroatoms. The topological polar surface area (TPSA) is 101 Å². The summed E-state index contributed by atoms with van der Waals surface area (Å²) in [5.74, 6) is -0.661. The maximum Gasteiger partial charge on any atom is 0.336 e. The molecule has 3 aromatic heterocycles. The van der Waals surface area contributed by atoms with Gasteiger partial charge in [-0.1, -0.05) is 91.3 Å². The molecule has 2 N–H and O–H groups in total. The van der Waals surface area contributed by atoms with Crippen molar-refractivity contribution in [3.8, 4) is 23.0 Å². The fourth-order valence-electron chi connectivity index (χ4n) is 3.47. The van der Waals surface area contributed by atoms with Crippen LogP contribution in [0.1, 0.15) is 71.3 Å². The number of H-pyrrole nitrogens is 1. The predicted octanol–water partition coefficient (Wildman–Crippen LogP) is 9.73. The van der Waals surface area contributed by atoms with Crippen molar-refractivity contribution < 1.29 is 14.6 Å². The van der Waals surface area contributed by atoms with Gasteiger partial charge in [-0.25, -0.2) is 9.78 Å². The number of aromatic nitrogens is 4. The minimum Gasteiger partial charge on any atom is -0.478 e. The Morgan fingerprint density at radius 2 is 1.62 bits per heavy atom. The summed E-state index contributed by atoms with van der Waals surface area (Å²) in [7, 11) is 0. The Morgan fingerprint density at radius 1 is 0.923 bits per heavy atom. The number of aromatic carboxylic acids is 1. The number of rotatable bonds is 4. The first-order valence-corrected chi connectivity index (χ1v) is 13.8. The normalized spacial score (nSPS) is 9.49. The molecule has 0 saturated carbocycles. The van der Waals surface area contributed by atoms with Gasteiger partial charge in [0.1, 0.15) is 5.75 Å². The highest BCUT2D eigenvalue weighted by Crippen LogP contribution is 2.34. The van der Waals surface area contributed by atoms with Gasteiger partial charge in [0.05, 0.1) is 21.8 Å². The van der Waals surface area contributed by atoms with Crippen LogP contribution in [-0.4, -0.2) is 31.0 Å². The lowest BCUT2D eigenvalue weighted by atomic mass is 10.0. The first-order chi connectivity index (χ1) is 19.0. The highest BCUT2D eigenvalue weighted by molar-refractivity contribution is 6.34. The summed E-state index contributed by atoms with van der Waals surface area (Å²) in [6.45, 7) is 17.7. The van der Waals surface area contributed by atoms with Crippen molar-refractivity contribution in [1.29, 1.82) is 0 Å². The number of hydrogen-bond acceptors (Lipinski definition) is 5. The maximum absolute atomic E-state index is 11.4. The number of pyridine rings is 2. The van der Waals surface area contributed by atoms with Crippen molar-refractivity contribution in [1.82, 2.24) is 19.9 Å². The number of aromatic amines is 1. The van der Waals surface area contributed by atoms with E-state index in [2.05, 4.69) is 19.9 Å². The SMILES string of the molecule is CC.CC.CC.CC.Cc1ccc(Oc2nc3nc(-c4cccc5cnccc45)c(Cl)cc3[nH]2)cc1C(=O)O. The molecule has 3 heterocycles. The number of benzene rings is 2. The van der Waals surface area contributed by atoms with E-state index in [1.54, 1.807) is 37.5 Å². The number of fused-ring (bicyclic) bond motifs is 2. The summed E-state index contributed by atoms with van der Waals surface area (Å²) in [6.07, 6.45) is 3.52. The van der Waals surface area contributed by atoms with Gasteiger partial charge in [0.25, 0.3) is 0 Å². The minimum absolute atomic E-state index is 0.169. The number of halogens is 1. The molecule has 0 atom stereocenters. The molecular formula is C31H39ClN4O3. The van der Waals surface area contributed by atoms with E-state index in [0.717, 1.165) is 16.3 Å². The number of carboxylic acid groups (broad SMARTS) is 1. The molecule has 5 aromatic rings. The monoisotopic (exact) mass is 550 g/mol. The van der Waals surface area contributed by atoms with E-state index in [1.165, 1.54) is 6.07 Å². The summed E-state index contributed by atoms with van der Waals surface area (Å²) < 4.78 is 5.74. The molecule has 0 bridgehead atoms. The van der Waals surface area contributed by atoms with Crippen LogP contribution >= 0.6 is 11.6 Å². The molecule has 2 aromatic carbocycles. The van der Waals surface area contributed by atoms with Crippen LogP contribution in [0.15, 0.2) is 60.9 Å². The van der Waals surface area contributed by atoms with Crippen LogP contribution in [0.25, 0.3) is 33.2 Å². The number of imidazole rings is 1. The van der Waals surface area contributed by atoms with Crippen LogP contribution in [0.3, 0.4) is 0 Å². The average Bonchev–Trinajstić information content (AvgIpc) is 3.38. The van der Waals surface area contributed by atoms with E-state index >= 15 is 0 Å². The van der Waals surface area contributed by atoms with E-state index in [9.17, 15) is 9.90 Å². The van der Waals surface area contributed by atoms with Gasteiger partial charge in [0.15, 0.2) is 5.65 Å². The molecule has 0 radical (unpaired) electrons. The second kappa shape index (κ2) is 16.8. The average molecular weight is 551 g/mol. The van der Waals surface area contributed by atoms with Gasteiger partial charge in [0.2, 0.25) is 0 Å². The molecule has 0 aliphatic rings. The first-order valence-electron chi connectivity index (χ1n) is 13.4. The largest absolute Gasteiger partial charge is 0.478 e. The number of carbonyl (C=O) groups is 1. The molecular weight excluding hydrogens is 512 g/mol. The lowest BCUT2D eigenvalue weighted by Gasteiger charge is -2.07. The fourth-order valence-corrected chi connectivity index (χ4v) is 3.72. The van der Waals surface area contributed by atoms with Crippen molar-refractivity contribution in [3.05, 3.63) is 77.1 Å². The minimum atomic E-state index is -1.02. The van der Waals surface area contributed by atoms with E-state index in [1.807, 2.05) is 79.7 Å². The molecule has 0 amide bonds. The van der Waals surface area contributed by atoms with Crippen molar-refractivity contribution in [3.63, 3.8) is 0 Å². The van der Waals surface area contributed by atoms with Crippen LogP contribution in [0.4, 0.5) is 0 Å². The zero-order chi connectivity index (χ0) is 29.5. The quantitative estimate of drug-likeness (QED) is 0.231. The molecule has 0 saturated heterocycles. The highest BCUT2D eigenvalue weighted by Gasteiger charge is 2.15. The Bertz CT molecular complexity index is 1480. The number of aryl methyl sites for hydroxylation is 1. The van der Waals surface area contributed by atoms with Gasteiger partial charge in [-0.05, 0) is 42.1 Å². The molecule has 0 aliphatic heterocycles. The molecule has 0 aliphatic carbocycles. The van der Waals surface area contributed by atoms with Crippen LogP contribution in [0, 0.1) is 6.92 Å². The third kappa shape index (κ3) is 8.01. The number of carboxylic acids is 1. The zero-order valence-electron chi connectivity index (χ0n) is 24.3. The van der Waals surface area contributed by atoms with Gasteiger partial charge in [-0.2, -0.15) is 4.98 Å². The van der Waals surface area contributed by atoms with Crippen molar-refractivity contribution in [2.24, 2.45) is 0 Å². The third-order valence-corrected chi connectivity index (χ3v) is 5.28. The molecule has 0 spiro atoms. The van der Waals surface area contributed by atoms with Crippen molar-refractivity contribution in [2.75, 3.05) is 0 Å². The summed E-state index contributed by atoms with van der Waals surface area (Å²) >= 11 is 6.55. The first kappa shape index (κ1) is 33.1. The Kier molecular flexibility index (Phi) is 14.2. The van der Waals surface area contributed by atoms with Gasteiger partial charge in [-0.15, -0.1) is 0 Å². The van der Waals surface area contributed by atoms with E-state index in [0.29, 0.717) is 33.2 Å². The van der Waals surface area contributed by atoms with Gasteiger partial charge in [-0.3, -0.25) is 4.98 Å². The highest BCUT2D eigenvalue weighted by atomic mass is 35.5. The number of nitrogens with zero attached hydrogens (tertiary/aromatic N) is 3. The Morgan fingerprint density at radius 3 is 2.28 bits per heavy atom. The van der Waals surface area contributed by atoms with Crippen molar-refractivity contribution in [2.45, 2.75) is 62.3 Å². The van der Waals surface area contributed by atoms with Crippen LogP contribution in [0.2, 0.25) is 5.02 Å². The zero-order valence-corrected chi connectivity index (χ0v) is 25.0. The van der Waals surface area contributed by atoms with Crippen LogP contribution in [0.5, 0.6) is 11.8 Å². The summed E-state index contributed by atoms with van der Waals surface area (Å²) in [5.41, 5.74) is 3.34. The Balaban J connectivity index is 0.000000874. The molecule has 7 nitrogen and oxygen atoms in total. The van der Waals surface area contributed by atoms with Crippen LogP contribution < -0.4 is 4.74 Å². The predicted molar refractivity (Wildman–Crippen MR) is 163 cm³/mol. The smallest absolute Gasteiger partial charge is 0.336 e. The molecule has 39 heavy (non-hydrogen) atoms. The number of hydrogen-bond donors (Lipinski definition) is 2. The fraction of sp³-hybridized carbons (Fsp3) is 0.290. The molecule has 5 rings (SSSR count). The second-order valence-corrected chi connectivity index (χ2v) is 7.43. The maximum atomic E-state index is 11.4. The van der Waals surface area contributed by atoms with Crippen molar-refractivity contribution >= 4 is 39.5 Å².